The molecule has 0 heterocycles. The van der Waals surface area contributed by atoms with E-state index in [0.29, 0.717) is 11.5 Å². The van der Waals surface area contributed by atoms with Crippen LogP contribution in [-0.2, 0) is 0 Å². The summed E-state index contributed by atoms with van der Waals surface area (Å²) in [6.45, 7) is 3.50. The Bertz CT molecular complexity index is 404. The molecule has 1 rings (SSSR count). The molecule has 1 unspecified atom stereocenters. The van der Waals surface area contributed by atoms with E-state index >= 15 is 0 Å². The Kier molecular flexibility index (Phi) is 3.75. The molecule has 0 aromatic heterocycles. The molecular formula is C12H13NO2. The standard InChI is InChI=1S/C12H13NO2/c1-4-9(2)15-12-7-5-6-11(8-12)10(3)13-14/h1,5-9,14H,2-3H3/b13-10+. The second kappa shape index (κ2) is 5.06. The Morgan fingerprint density at radius 2 is 2.33 bits per heavy atom. The molecule has 1 atom stereocenters. The Morgan fingerprint density at radius 1 is 1.60 bits per heavy atom. The van der Waals surface area contributed by atoms with Gasteiger partial charge >= 0.3 is 0 Å². The van der Waals surface area contributed by atoms with Gasteiger partial charge in [-0.25, -0.2) is 0 Å². The van der Waals surface area contributed by atoms with Crippen LogP contribution in [0.4, 0.5) is 0 Å². The van der Waals surface area contributed by atoms with Gasteiger partial charge in [0.15, 0.2) is 6.10 Å². The lowest BCUT2D eigenvalue weighted by Gasteiger charge is -2.09. The van der Waals surface area contributed by atoms with Crippen LogP contribution in [-0.4, -0.2) is 17.0 Å². The predicted molar refractivity (Wildman–Crippen MR) is 59.4 cm³/mol. The van der Waals surface area contributed by atoms with E-state index in [4.69, 9.17) is 16.4 Å². The number of ether oxygens (including phenoxy) is 1. The molecule has 0 spiro atoms. The van der Waals surface area contributed by atoms with E-state index in [1.807, 2.05) is 18.2 Å². The third-order valence-corrected chi connectivity index (χ3v) is 1.95. The monoisotopic (exact) mass is 203 g/mol. The van der Waals surface area contributed by atoms with Crippen molar-refractivity contribution in [3.8, 4) is 18.1 Å². The normalized spacial score (nSPS) is 13.0. The fraction of sp³-hybridized carbons (Fsp3) is 0.250. The highest BCUT2D eigenvalue weighted by atomic mass is 16.5. The van der Waals surface area contributed by atoms with Gasteiger partial charge in [-0.1, -0.05) is 23.2 Å². The summed E-state index contributed by atoms with van der Waals surface area (Å²) in [5, 5.41) is 11.7. The van der Waals surface area contributed by atoms with E-state index in [2.05, 4.69) is 11.1 Å². The molecule has 3 heteroatoms. The zero-order chi connectivity index (χ0) is 11.3. The fourth-order valence-corrected chi connectivity index (χ4v) is 1.09. The SMILES string of the molecule is C#CC(C)Oc1cccc(/C(C)=N/O)c1. The molecule has 0 aliphatic heterocycles. The van der Waals surface area contributed by atoms with Crippen LogP contribution in [0.3, 0.4) is 0 Å². The van der Waals surface area contributed by atoms with E-state index in [9.17, 15) is 0 Å². The van der Waals surface area contributed by atoms with Crippen molar-refractivity contribution >= 4 is 5.71 Å². The van der Waals surface area contributed by atoms with Gasteiger partial charge < -0.3 is 9.94 Å². The van der Waals surface area contributed by atoms with Gasteiger partial charge in [-0.15, -0.1) is 6.42 Å². The number of nitrogens with zero attached hydrogens (tertiary/aromatic N) is 1. The molecule has 1 N–H and O–H groups in total. The third-order valence-electron chi connectivity index (χ3n) is 1.95. The summed E-state index contributed by atoms with van der Waals surface area (Å²) in [6, 6.07) is 7.25. The molecule has 0 saturated carbocycles. The van der Waals surface area contributed by atoms with E-state index < -0.39 is 0 Å². The number of hydrogen-bond acceptors (Lipinski definition) is 3. The lowest BCUT2D eigenvalue weighted by molar-refractivity contribution is 0.279. The highest BCUT2D eigenvalue weighted by Crippen LogP contribution is 2.15. The molecule has 0 radical (unpaired) electrons. The topological polar surface area (TPSA) is 41.8 Å². The minimum atomic E-state index is -0.272. The van der Waals surface area contributed by atoms with E-state index in [-0.39, 0.29) is 6.10 Å². The molecule has 0 bridgehead atoms. The van der Waals surface area contributed by atoms with Gasteiger partial charge in [0.25, 0.3) is 0 Å². The summed E-state index contributed by atoms with van der Waals surface area (Å²) in [7, 11) is 0. The Morgan fingerprint density at radius 3 is 2.93 bits per heavy atom. The zero-order valence-corrected chi connectivity index (χ0v) is 8.77. The van der Waals surface area contributed by atoms with Crippen molar-refractivity contribution < 1.29 is 9.94 Å². The predicted octanol–water partition coefficient (Wildman–Crippen LogP) is 2.29. The first-order chi connectivity index (χ1) is 7.17. The Hall–Kier alpha value is -1.95. The lowest BCUT2D eigenvalue weighted by Crippen LogP contribution is -2.08. The van der Waals surface area contributed by atoms with Crippen molar-refractivity contribution in [1.29, 1.82) is 0 Å². The molecule has 0 aliphatic carbocycles. The van der Waals surface area contributed by atoms with Crippen molar-refractivity contribution in [2.24, 2.45) is 5.16 Å². The molecule has 0 saturated heterocycles. The summed E-state index contributed by atoms with van der Waals surface area (Å²) in [5.74, 6) is 3.14. The number of rotatable bonds is 3. The maximum atomic E-state index is 8.62. The fourth-order valence-electron chi connectivity index (χ4n) is 1.09. The van der Waals surface area contributed by atoms with Crippen LogP contribution in [0.25, 0.3) is 0 Å². The van der Waals surface area contributed by atoms with Crippen LogP contribution < -0.4 is 4.74 Å². The van der Waals surface area contributed by atoms with Gasteiger partial charge in [-0.05, 0) is 26.0 Å². The summed E-state index contributed by atoms with van der Waals surface area (Å²) >= 11 is 0. The molecule has 0 amide bonds. The molecule has 78 valence electrons. The number of benzene rings is 1. The van der Waals surface area contributed by atoms with Crippen molar-refractivity contribution in [1.82, 2.24) is 0 Å². The summed E-state index contributed by atoms with van der Waals surface area (Å²) < 4.78 is 5.43. The Balaban J connectivity index is 2.89. The zero-order valence-electron chi connectivity index (χ0n) is 8.77. The quantitative estimate of drug-likeness (QED) is 0.354. The van der Waals surface area contributed by atoms with Crippen molar-refractivity contribution in [3.63, 3.8) is 0 Å². The van der Waals surface area contributed by atoms with Crippen LogP contribution in [0.1, 0.15) is 19.4 Å². The van der Waals surface area contributed by atoms with E-state index in [1.165, 1.54) is 0 Å². The largest absolute Gasteiger partial charge is 0.478 e. The number of terminal acetylenes is 1. The smallest absolute Gasteiger partial charge is 0.156 e. The Labute approximate surface area is 89.4 Å². The summed E-state index contributed by atoms with van der Waals surface area (Å²) in [5.41, 5.74) is 1.34. The molecule has 0 fully saturated rings. The van der Waals surface area contributed by atoms with Gasteiger partial charge in [-0.2, -0.15) is 0 Å². The third kappa shape index (κ3) is 3.03. The molecule has 1 aromatic carbocycles. The van der Waals surface area contributed by atoms with E-state index in [0.717, 1.165) is 5.56 Å². The first kappa shape index (κ1) is 11.1. The van der Waals surface area contributed by atoms with Crippen LogP contribution in [0, 0.1) is 12.3 Å². The minimum absolute atomic E-state index is 0.272. The highest BCUT2D eigenvalue weighted by molar-refractivity contribution is 5.98. The average molecular weight is 203 g/mol. The maximum absolute atomic E-state index is 8.62. The summed E-state index contributed by atoms with van der Waals surface area (Å²) in [6.07, 6.45) is 4.93. The van der Waals surface area contributed by atoms with Crippen LogP contribution in [0.5, 0.6) is 5.75 Å². The van der Waals surface area contributed by atoms with Crippen molar-refractivity contribution in [2.75, 3.05) is 0 Å². The van der Waals surface area contributed by atoms with Gasteiger partial charge in [0.2, 0.25) is 0 Å². The van der Waals surface area contributed by atoms with Gasteiger partial charge in [0.05, 0.1) is 5.71 Å². The maximum Gasteiger partial charge on any atom is 0.156 e. The van der Waals surface area contributed by atoms with E-state index in [1.54, 1.807) is 19.9 Å². The molecular weight excluding hydrogens is 190 g/mol. The average Bonchev–Trinajstić information content (AvgIpc) is 2.28. The van der Waals surface area contributed by atoms with Crippen LogP contribution in [0.2, 0.25) is 0 Å². The second-order valence-corrected chi connectivity index (χ2v) is 3.14. The van der Waals surface area contributed by atoms with Crippen molar-refractivity contribution in [3.05, 3.63) is 29.8 Å². The van der Waals surface area contributed by atoms with Gasteiger partial charge in [-0.3, -0.25) is 0 Å². The molecule has 15 heavy (non-hydrogen) atoms. The van der Waals surface area contributed by atoms with Gasteiger partial charge in [0, 0.05) is 5.56 Å². The first-order valence-corrected chi connectivity index (χ1v) is 4.59. The second-order valence-electron chi connectivity index (χ2n) is 3.14. The van der Waals surface area contributed by atoms with Crippen molar-refractivity contribution in [2.45, 2.75) is 20.0 Å². The summed E-state index contributed by atoms with van der Waals surface area (Å²) in [4.78, 5) is 0. The highest BCUT2D eigenvalue weighted by Gasteiger charge is 2.02. The molecule has 0 aliphatic rings. The number of oxime groups is 1. The number of hydrogen-bond donors (Lipinski definition) is 1. The van der Waals surface area contributed by atoms with Crippen LogP contribution >= 0.6 is 0 Å². The first-order valence-electron chi connectivity index (χ1n) is 4.59. The minimum Gasteiger partial charge on any atom is -0.478 e. The van der Waals surface area contributed by atoms with Crippen LogP contribution in [0.15, 0.2) is 29.4 Å². The molecule has 3 nitrogen and oxygen atoms in total. The molecule has 1 aromatic rings. The lowest BCUT2D eigenvalue weighted by atomic mass is 10.1. The van der Waals surface area contributed by atoms with Gasteiger partial charge in [0.1, 0.15) is 5.75 Å².